The number of amides is 1. The zero-order valence-corrected chi connectivity index (χ0v) is 13.1. The maximum atomic E-state index is 12.1. The van der Waals surface area contributed by atoms with E-state index in [4.69, 9.17) is 9.47 Å². The van der Waals surface area contributed by atoms with Crippen LogP contribution < -0.4 is 10.1 Å². The molecule has 0 heterocycles. The third-order valence-corrected chi connectivity index (χ3v) is 3.93. The molecule has 0 radical (unpaired) electrons. The van der Waals surface area contributed by atoms with Crippen molar-refractivity contribution in [1.29, 1.82) is 0 Å². The Morgan fingerprint density at radius 1 is 1.14 bits per heavy atom. The maximum absolute atomic E-state index is 12.1. The lowest BCUT2D eigenvalue weighted by Crippen LogP contribution is -2.42. The lowest BCUT2D eigenvalue weighted by Gasteiger charge is -2.24. The molecule has 1 aliphatic carbocycles. The van der Waals surface area contributed by atoms with Crippen molar-refractivity contribution in [2.45, 2.75) is 51.2 Å². The van der Waals surface area contributed by atoms with Crippen molar-refractivity contribution in [2.75, 3.05) is 7.11 Å². The Bertz CT molecular complexity index is 506. The second kappa shape index (κ2) is 7.82. The van der Waals surface area contributed by atoms with Gasteiger partial charge < -0.3 is 14.8 Å². The molecule has 1 saturated carbocycles. The molecule has 0 aliphatic heterocycles. The number of hydrogen-bond acceptors (Lipinski definition) is 4. The predicted octanol–water partition coefficient (Wildman–Crippen LogP) is 2.69. The molecule has 1 aromatic rings. The van der Waals surface area contributed by atoms with Crippen LogP contribution in [0, 0.1) is 0 Å². The summed E-state index contributed by atoms with van der Waals surface area (Å²) in [6.07, 6.45) is 4.73. The number of hydrogen-bond donors (Lipinski definition) is 1. The average Bonchev–Trinajstić information content (AvgIpc) is 2.55. The first-order valence-corrected chi connectivity index (χ1v) is 7.75. The van der Waals surface area contributed by atoms with Crippen LogP contribution in [0.25, 0.3) is 0 Å². The quantitative estimate of drug-likeness (QED) is 0.850. The lowest BCUT2D eigenvalue weighted by molar-refractivity contribution is -0.130. The Morgan fingerprint density at radius 3 is 2.36 bits per heavy atom. The molecular weight excluding hydrogens is 282 g/mol. The summed E-state index contributed by atoms with van der Waals surface area (Å²) in [6, 6.07) is 6.82. The third kappa shape index (κ3) is 4.48. The molecule has 5 nitrogen and oxygen atoms in total. The first-order chi connectivity index (χ1) is 10.6. The van der Waals surface area contributed by atoms with E-state index in [0.29, 0.717) is 11.3 Å². The number of carbonyl (C=O) groups excluding carboxylic acids is 2. The van der Waals surface area contributed by atoms with E-state index in [2.05, 4.69) is 5.32 Å². The van der Waals surface area contributed by atoms with E-state index in [1.165, 1.54) is 6.42 Å². The second-order valence-electron chi connectivity index (χ2n) is 5.62. The van der Waals surface area contributed by atoms with E-state index in [1.54, 1.807) is 38.3 Å². The first-order valence-electron chi connectivity index (χ1n) is 7.75. The van der Waals surface area contributed by atoms with Gasteiger partial charge in [-0.15, -0.1) is 0 Å². The summed E-state index contributed by atoms with van der Waals surface area (Å²) in [7, 11) is 1.56. The molecule has 1 unspecified atom stereocenters. The Kier molecular flexibility index (Phi) is 5.81. The van der Waals surface area contributed by atoms with Crippen molar-refractivity contribution in [1.82, 2.24) is 5.32 Å². The van der Waals surface area contributed by atoms with E-state index in [1.807, 2.05) is 0 Å². The highest BCUT2D eigenvalue weighted by Crippen LogP contribution is 2.18. The summed E-state index contributed by atoms with van der Waals surface area (Å²) in [4.78, 5) is 24.1. The highest BCUT2D eigenvalue weighted by atomic mass is 16.5. The SMILES string of the molecule is COc1ccc(C(=O)OC(C)C(=O)NC2CCCCC2)cc1. The number of nitrogens with one attached hydrogen (secondary N) is 1. The monoisotopic (exact) mass is 305 g/mol. The Labute approximate surface area is 131 Å². The fourth-order valence-electron chi connectivity index (χ4n) is 2.57. The lowest BCUT2D eigenvalue weighted by atomic mass is 9.95. The number of esters is 1. The molecule has 1 N–H and O–H groups in total. The first kappa shape index (κ1) is 16.3. The molecule has 5 heteroatoms. The number of rotatable bonds is 5. The molecule has 1 amide bonds. The van der Waals surface area contributed by atoms with Crippen LogP contribution in [0.3, 0.4) is 0 Å². The van der Waals surface area contributed by atoms with Crippen LogP contribution in [0.4, 0.5) is 0 Å². The fraction of sp³-hybridized carbons (Fsp3) is 0.529. The van der Waals surface area contributed by atoms with Gasteiger partial charge in [0.1, 0.15) is 5.75 Å². The summed E-state index contributed by atoms with van der Waals surface area (Å²) in [5.74, 6) is -0.0673. The molecule has 1 fully saturated rings. The van der Waals surface area contributed by atoms with Gasteiger partial charge in [-0.1, -0.05) is 19.3 Å². The van der Waals surface area contributed by atoms with Gasteiger partial charge in [-0.25, -0.2) is 4.79 Å². The average molecular weight is 305 g/mol. The predicted molar refractivity (Wildman–Crippen MR) is 82.9 cm³/mol. The van der Waals surface area contributed by atoms with Crippen LogP contribution in [-0.2, 0) is 9.53 Å². The topological polar surface area (TPSA) is 64.6 Å². The molecule has 2 rings (SSSR count). The Balaban J connectivity index is 1.85. The van der Waals surface area contributed by atoms with Crippen LogP contribution in [-0.4, -0.2) is 31.1 Å². The van der Waals surface area contributed by atoms with Gasteiger partial charge in [0.2, 0.25) is 0 Å². The Hall–Kier alpha value is -2.04. The number of methoxy groups -OCH3 is 1. The van der Waals surface area contributed by atoms with Gasteiger partial charge in [0.15, 0.2) is 6.10 Å². The third-order valence-electron chi connectivity index (χ3n) is 3.93. The molecule has 1 aromatic carbocycles. The molecule has 0 spiro atoms. The van der Waals surface area contributed by atoms with Gasteiger partial charge in [-0.2, -0.15) is 0 Å². The largest absolute Gasteiger partial charge is 0.497 e. The van der Waals surface area contributed by atoms with Crippen molar-refractivity contribution in [3.05, 3.63) is 29.8 Å². The van der Waals surface area contributed by atoms with Crippen molar-refractivity contribution >= 4 is 11.9 Å². The molecule has 0 saturated heterocycles. The van der Waals surface area contributed by atoms with Gasteiger partial charge in [0, 0.05) is 6.04 Å². The molecular formula is C17H23NO4. The van der Waals surface area contributed by atoms with E-state index >= 15 is 0 Å². The highest BCUT2D eigenvalue weighted by Gasteiger charge is 2.22. The van der Waals surface area contributed by atoms with E-state index in [-0.39, 0.29) is 11.9 Å². The zero-order valence-electron chi connectivity index (χ0n) is 13.1. The van der Waals surface area contributed by atoms with Crippen LogP contribution in [0.15, 0.2) is 24.3 Å². The summed E-state index contributed by atoms with van der Waals surface area (Å²) >= 11 is 0. The number of carbonyl (C=O) groups is 2. The smallest absolute Gasteiger partial charge is 0.338 e. The van der Waals surface area contributed by atoms with Crippen molar-refractivity contribution < 1.29 is 19.1 Å². The molecule has 1 atom stereocenters. The standard InChI is InChI=1S/C17H23NO4/c1-12(16(19)18-14-6-4-3-5-7-14)22-17(20)13-8-10-15(21-2)11-9-13/h8-12,14H,3-7H2,1-2H3,(H,18,19). The van der Waals surface area contributed by atoms with Crippen LogP contribution in [0.5, 0.6) is 5.75 Å². The molecule has 120 valence electrons. The number of benzene rings is 1. The van der Waals surface area contributed by atoms with Gasteiger partial charge >= 0.3 is 5.97 Å². The summed E-state index contributed by atoms with van der Waals surface area (Å²) in [5.41, 5.74) is 0.401. The minimum atomic E-state index is -0.795. The Morgan fingerprint density at radius 2 is 1.77 bits per heavy atom. The minimum absolute atomic E-state index is 0.211. The van der Waals surface area contributed by atoms with Crippen molar-refractivity contribution in [3.8, 4) is 5.75 Å². The summed E-state index contributed by atoms with van der Waals surface area (Å²) in [5, 5.41) is 2.96. The molecule has 22 heavy (non-hydrogen) atoms. The molecule has 1 aliphatic rings. The van der Waals surface area contributed by atoms with Gasteiger partial charge in [-0.3, -0.25) is 4.79 Å². The van der Waals surface area contributed by atoms with Gasteiger partial charge in [-0.05, 0) is 44.0 Å². The van der Waals surface area contributed by atoms with Crippen LogP contribution >= 0.6 is 0 Å². The number of ether oxygens (including phenoxy) is 2. The van der Waals surface area contributed by atoms with Crippen molar-refractivity contribution in [2.24, 2.45) is 0 Å². The molecule has 0 aromatic heterocycles. The van der Waals surface area contributed by atoms with E-state index < -0.39 is 12.1 Å². The highest BCUT2D eigenvalue weighted by molar-refractivity contribution is 5.92. The van der Waals surface area contributed by atoms with E-state index in [9.17, 15) is 9.59 Å². The van der Waals surface area contributed by atoms with Crippen LogP contribution in [0.2, 0.25) is 0 Å². The second-order valence-corrected chi connectivity index (χ2v) is 5.62. The van der Waals surface area contributed by atoms with Gasteiger partial charge in [0.05, 0.1) is 12.7 Å². The normalized spacial score (nSPS) is 16.6. The minimum Gasteiger partial charge on any atom is -0.497 e. The van der Waals surface area contributed by atoms with Crippen LogP contribution in [0.1, 0.15) is 49.4 Å². The maximum Gasteiger partial charge on any atom is 0.338 e. The van der Waals surface area contributed by atoms with E-state index in [0.717, 1.165) is 25.7 Å². The fourth-order valence-corrected chi connectivity index (χ4v) is 2.57. The molecule has 0 bridgehead atoms. The summed E-state index contributed by atoms with van der Waals surface area (Å²) < 4.78 is 10.3. The zero-order chi connectivity index (χ0) is 15.9. The van der Waals surface area contributed by atoms with Crippen molar-refractivity contribution in [3.63, 3.8) is 0 Å². The summed E-state index contributed by atoms with van der Waals surface area (Å²) in [6.45, 7) is 1.60. The van der Waals surface area contributed by atoms with Gasteiger partial charge in [0.25, 0.3) is 5.91 Å².